The van der Waals surface area contributed by atoms with Gasteiger partial charge in [0.1, 0.15) is 12.3 Å². The summed E-state index contributed by atoms with van der Waals surface area (Å²) in [5.41, 5.74) is 3.25. The van der Waals surface area contributed by atoms with Gasteiger partial charge in [0, 0.05) is 11.1 Å². The molecule has 2 aliphatic carbocycles. The Morgan fingerprint density at radius 1 is 1.21 bits per heavy atom. The predicted octanol–water partition coefficient (Wildman–Crippen LogP) is 7.88. The van der Waals surface area contributed by atoms with Gasteiger partial charge in [0.25, 0.3) is 0 Å². The molecule has 0 amide bonds. The molecule has 3 atom stereocenters. The summed E-state index contributed by atoms with van der Waals surface area (Å²) >= 11 is 0. The average Bonchev–Trinajstić information content (AvgIpc) is 2.85. The van der Waals surface area contributed by atoms with E-state index in [0.29, 0.717) is 17.7 Å². The average molecular weight is 528 g/mol. The first-order valence-corrected chi connectivity index (χ1v) is 13.2. The molecular formula is C31H36F3NO3. The van der Waals surface area contributed by atoms with E-state index in [9.17, 15) is 23.1 Å². The molecule has 0 aliphatic heterocycles. The van der Waals surface area contributed by atoms with Crippen molar-refractivity contribution in [2.24, 2.45) is 16.5 Å². The minimum absolute atomic E-state index is 0.0185. The summed E-state index contributed by atoms with van der Waals surface area (Å²) in [6.45, 7) is 12.0. The number of oxime groups is 1. The van der Waals surface area contributed by atoms with E-state index in [1.165, 1.54) is 17.7 Å². The molecule has 7 heteroatoms. The molecule has 2 aliphatic rings. The maximum absolute atomic E-state index is 13.3. The lowest BCUT2D eigenvalue weighted by Gasteiger charge is -2.53. The van der Waals surface area contributed by atoms with Crippen LogP contribution in [0, 0.1) is 11.3 Å². The minimum atomic E-state index is -4.44. The van der Waals surface area contributed by atoms with Crippen molar-refractivity contribution >= 4 is 11.7 Å². The van der Waals surface area contributed by atoms with Crippen LogP contribution in [0.15, 0.2) is 54.2 Å². The van der Waals surface area contributed by atoms with Gasteiger partial charge in [-0.25, -0.2) is 0 Å². The quantitative estimate of drug-likeness (QED) is 0.172. The lowest BCUT2D eigenvalue weighted by Crippen LogP contribution is -2.52. The Balaban J connectivity index is 1.91. The van der Waals surface area contributed by atoms with E-state index in [4.69, 9.17) is 4.84 Å². The van der Waals surface area contributed by atoms with Crippen LogP contribution in [0.5, 0.6) is 0 Å². The van der Waals surface area contributed by atoms with Gasteiger partial charge in [0.2, 0.25) is 0 Å². The molecule has 204 valence electrons. The van der Waals surface area contributed by atoms with E-state index >= 15 is 0 Å². The fraction of sp³-hybridized carbons (Fsp3) is 0.484. The standard InChI is InChI=1S/C31H36F3NO3/c1-6-16-38-35-27(20-8-11-22(12-9-20)31(32,33)34)24-18-25-21(17-23(24)19(2)3)10-13-26-29(25,4)14-7-15-30(26,5)28(36)37/h6,8-9,11-12,17-19,26H,1,7,10,13-16H2,2-5H3,(H,36,37)/t26-,29-,30-/m1/s1. The van der Waals surface area contributed by atoms with E-state index in [-0.39, 0.29) is 23.9 Å². The van der Waals surface area contributed by atoms with Gasteiger partial charge < -0.3 is 9.94 Å². The normalized spacial score (nSPS) is 25.5. The number of hydrogen-bond donors (Lipinski definition) is 1. The molecule has 38 heavy (non-hydrogen) atoms. The van der Waals surface area contributed by atoms with Crippen molar-refractivity contribution < 1.29 is 27.9 Å². The Kier molecular flexibility index (Phi) is 7.52. The second-order valence-electron chi connectivity index (χ2n) is 11.4. The van der Waals surface area contributed by atoms with Crippen LogP contribution in [0.1, 0.15) is 92.7 Å². The number of carbonyl (C=O) groups is 1. The third kappa shape index (κ3) is 4.87. The molecule has 1 N–H and O–H groups in total. The van der Waals surface area contributed by atoms with E-state index < -0.39 is 23.1 Å². The molecule has 0 radical (unpaired) electrons. The van der Waals surface area contributed by atoms with Gasteiger partial charge in [-0.05, 0) is 84.7 Å². The number of aliphatic carboxylic acids is 1. The van der Waals surface area contributed by atoms with Crippen LogP contribution in [0.2, 0.25) is 0 Å². The van der Waals surface area contributed by atoms with Gasteiger partial charge in [0.05, 0.1) is 11.0 Å². The fourth-order valence-corrected chi connectivity index (χ4v) is 6.70. The summed E-state index contributed by atoms with van der Waals surface area (Å²) in [4.78, 5) is 17.9. The largest absolute Gasteiger partial charge is 0.481 e. The summed E-state index contributed by atoms with van der Waals surface area (Å²) in [6, 6.07) is 9.27. The van der Waals surface area contributed by atoms with Gasteiger partial charge in [-0.15, -0.1) is 0 Å². The van der Waals surface area contributed by atoms with Gasteiger partial charge in [0.15, 0.2) is 0 Å². The lowest BCUT2D eigenvalue weighted by atomic mass is 9.49. The third-order valence-corrected chi connectivity index (χ3v) is 8.72. The summed E-state index contributed by atoms with van der Waals surface area (Å²) in [5.74, 6) is -0.647. The van der Waals surface area contributed by atoms with Crippen LogP contribution in [0.25, 0.3) is 0 Å². The van der Waals surface area contributed by atoms with Crippen molar-refractivity contribution in [1.29, 1.82) is 0 Å². The monoisotopic (exact) mass is 527 g/mol. The van der Waals surface area contributed by atoms with Gasteiger partial charge in [-0.2, -0.15) is 13.2 Å². The minimum Gasteiger partial charge on any atom is -0.481 e. The number of carboxylic acids is 1. The number of carboxylic acid groups (broad SMARTS) is 1. The Morgan fingerprint density at radius 3 is 2.47 bits per heavy atom. The van der Waals surface area contributed by atoms with E-state index in [1.54, 1.807) is 6.08 Å². The number of rotatable bonds is 7. The summed E-state index contributed by atoms with van der Waals surface area (Å²) in [5, 5.41) is 14.6. The van der Waals surface area contributed by atoms with Crippen LogP contribution in [-0.2, 0) is 27.6 Å². The van der Waals surface area contributed by atoms with Gasteiger partial charge >= 0.3 is 12.1 Å². The fourth-order valence-electron chi connectivity index (χ4n) is 6.70. The Bertz CT molecular complexity index is 1250. The first kappa shape index (κ1) is 27.9. The van der Waals surface area contributed by atoms with E-state index in [0.717, 1.165) is 54.5 Å². The number of nitrogens with zero attached hydrogens (tertiary/aromatic N) is 1. The molecule has 0 unspecified atom stereocenters. The maximum atomic E-state index is 13.3. The van der Waals surface area contributed by atoms with Crippen LogP contribution >= 0.6 is 0 Å². The first-order valence-electron chi connectivity index (χ1n) is 13.2. The molecule has 0 spiro atoms. The number of halogens is 3. The van der Waals surface area contributed by atoms with Crippen molar-refractivity contribution in [3.63, 3.8) is 0 Å². The number of aryl methyl sites for hydroxylation is 1. The zero-order chi connectivity index (χ0) is 27.9. The topological polar surface area (TPSA) is 58.9 Å². The number of fused-ring (bicyclic) bond motifs is 3. The molecule has 0 bridgehead atoms. The smallest absolute Gasteiger partial charge is 0.416 e. The van der Waals surface area contributed by atoms with Crippen LogP contribution in [0.3, 0.4) is 0 Å². The Labute approximate surface area is 222 Å². The van der Waals surface area contributed by atoms with Crippen LogP contribution < -0.4 is 0 Å². The maximum Gasteiger partial charge on any atom is 0.416 e. The second-order valence-corrected chi connectivity index (χ2v) is 11.4. The number of alkyl halides is 3. The molecule has 0 saturated heterocycles. The molecule has 2 aromatic carbocycles. The number of benzene rings is 2. The highest BCUT2D eigenvalue weighted by Crippen LogP contribution is 2.57. The predicted molar refractivity (Wildman–Crippen MR) is 143 cm³/mol. The van der Waals surface area contributed by atoms with Crippen molar-refractivity contribution in [3.8, 4) is 0 Å². The molecule has 4 nitrogen and oxygen atoms in total. The highest BCUT2D eigenvalue weighted by molar-refractivity contribution is 6.13. The molecule has 0 aromatic heterocycles. The van der Waals surface area contributed by atoms with Crippen molar-refractivity contribution in [2.75, 3.05) is 6.61 Å². The lowest BCUT2D eigenvalue weighted by molar-refractivity contribution is -0.157. The third-order valence-electron chi connectivity index (χ3n) is 8.72. The molecule has 2 aromatic rings. The van der Waals surface area contributed by atoms with E-state index in [1.807, 2.05) is 6.92 Å². The SMILES string of the molecule is C=CCON=C(c1ccc(C(F)(F)F)cc1)c1cc2c(cc1C(C)C)CC[C@H]1[C@](C)(C(=O)O)CCC[C@]21C. The number of hydrogen-bond acceptors (Lipinski definition) is 3. The van der Waals surface area contributed by atoms with Gasteiger partial charge in [-0.1, -0.05) is 63.2 Å². The van der Waals surface area contributed by atoms with E-state index in [2.05, 4.69) is 44.6 Å². The van der Waals surface area contributed by atoms with Crippen molar-refractivity contribution in [1.82, 2.24) is 0 Å². The van der Waals surface area contributed by atoms with Crippen LogP contribution in [-0.4, -0.2) is 23.4 Å². The summed E-state index contributed by atoms with van der Waals surface area (Å²) in [6.07, 6.45) is 1.08. The highest BCUT2D eigenvalue weighted by atomic mass is 19.4. The summed E-state index contributed by atoms with van der Waals surface area (Å²) in [7, 11) is 0. The van der Waals surface area contributed by atoms with Crippen molar-refractivity contribution in [2.45, 2.75) is 77.3 Å². The zero-order valence-corrected chi connectivity index (χ0v) is 22.5. The highest BCUT2D eigenvalue weighted by Gasteiger charge is 2.55. The van der Waals surface area contributed by atoms with Crippen molar-refractivity contribution in [3.05, 3.63) is 82.4 Å². The molecule has 1 fully saturated rings. The molecule has 1 saturated carbocycles. The molecule has 0 heterocycles. The summed E-state index contributed by atoms with van der Waals surface area (Å²) < 4.78 is 39.8. The molecule has 4 rings (SSSR count). The zero-order valence-electron chi connectivity index (χ0n) is 22.5. The second kappa shape index (κ2) is 10.2. The Morgan fingerprint density at radius 2 is 1.89 bits per heavy atom. The van der Waals surface area contributed by atoms with Gasteiger partial charge in [-0.3, -0.25) is 4.79 Å². The van der Waals surface area contributed by atoms with Crippen LogP contribution in [0.4, 0.5) is 13.2 Å². The molecular weight excluding hydrogens is 491 g/mol. The first-order chi connectivity index (χ1) is 17.8. The Hall–Kier alpha value is -3.09.